The van der Waals surface area contributed by atoms with Gasteiger partial charge in [0.1, 0.15) is 16.6 Å². The molecular weight excluding hydrogens is 236 g/mol. The Hall–Kier alpha value is -1.29. The Balaban J connectivity index is 3.06. The SMILES string of the molecule is N#Cc1c(N)sc(C(N)CC(N)=O)c1Cl. The number of rotatable bonds is 3. The van der Waals surface area contributed by atoms with Gasteiger partial charge in [-0.05, 0) is 0 Å². The second kappa shape index (κ2) is 4.49. The summed E-state index contributed by atoms with van der Waals surface area (Å²) in [5.41, 5.74) is 16.5. The first-order valence-corrected chi connectivity index (χ1v) is 5.18. The monoisotopic (exact) mass is 244 g/mol. The summed E-state index contributed by atoms with van der Waals surface area (Å²) in [4.78, 5) is 11.2. The molecule has 6 N–H and O–H groups in total. The van der Waals surface area contributed by atoms with E-state index in [2.05, 4.69) is 0 Å². The Morgan fingerprint density at radius 2 is 2.27 bits per heavy atom. The number of halogens is 1. The Morgan fingerprint density at radius 3 is 2.67 bits per heavy atom. The maximum Gasteiger partial charge on any atom is 0.219 e. The molecule has 0 aromatic carbocycles. The zero-order valence-electron chi connectivity index (χ0n) is 7.66. The fourth-order valence-electron chi connectivity index (χ4n) is 1.10. The van der Waals surface area contributed by atoms with Crippen LogP contribution in [0.1, 0.15) is 22.9 Å². The highest BCUT2D eigenvalue weighted by Crippen LogP contribution is 2.38. The van der Waals surface area contributed by atoms with Crippen molar-refractivity contribution < 1.29 is 4.79 Å². The van der Waals surface area contributed by atoms with Gasteiger partial charge in [0, 0.05) is 17.3 Å². The summed E-state index contributed by atoms with van der Waals surface area (Å²) in [5, 5.41) is 9.26. The maximum absolute atomic E-state index is 10.7. The molecule has 0 aliphatic carbocycles. The zero-order chi connectivity index (χ0) is 11.6. The van der Waals surface area contributed by atoms with Crippen molar-refractivity contribution in [1.29, 1.82) is 5.26 Å². The van der Waals surface area contributed by atoms with Gasteiger partial charge in [0.05, 0.1) is 5.02 Å². The maximum atomic E-state index is 10.7. The smallest absolute Gasteiger partial charge is 0.219 e. The number of nitrogen functional groups attached to an aromatic ring is 1. The summed E-state index contributed by atoms with van der Waals surface area (Å²) >= 11 is 6.99. The summed E-state index contributed by atoms with van der Waals surface area (Å²) in [7, 11) is 0. The van der Waals surface area contributed by atoms with Crippen molar-refractivity contribution in [3.8, 4) is 6.07 Å². The van der Waals surface area contributed by atoms with Crippen LogP contribution in [0, 0.1) is 11.3 Å². The Labute approximate surface area is 95.4 Å². The fraction of sp³-hybridized carbons (Fsp3) is 0.250. The van der Waals surface area contributed by atoms with Crippen LogP contribution in [0.5, 0.6) is 0 Å². The lowest BCUT2D eigenvalue weighted by atomic mass is 10.1. The molecule has 0 aliphatic rings. The van der Waals surface area contributed by atoms with E-state index in [9.17, 15) is 4.79 Å². The highest BCUT2D eigenvalue weighted by molar-refractivity contribution is 7.16. The van der Waals surface area contributed by atoms with E-state index in [1.54, 1.807) is 0 Å². The van der Waals surface area contributed by atoms with Crippen molar-refractivity contribution in [1.82, 2.24) is 0 Å². The van der Waals surface area contributed by atoms with Crippen molar-refractivity contribution in [2.24, 2.45) is 11.5 Å². The van der Waals surface area contributed by atoms with Crippen LogP contribution in [-0.4, -0.2) is 5.91 Å². The van der Waals surface area contributed by atoms with E-state index in [0.29, 0.717) is 9.88 Å². The minimum atomic E-state index is -0.607. The van der Waals surface area contributed by atoms with Crippen LogP contribution in [0.3, 0.4) is 0 Å². The molecule has 0 fully saturated rings. The number of nitrogens with two attached hydrogens (primary N) is 3. The third-order valence-corrected chi connectivity index (χ3v) is 3.43. The molecule has 1 aromatic rings. The molecule has 1 unspecified atom stereocenters. The van der Waals surface area contributed by atoms with Crippen molar-refractivity contribution in [3.63, 3.8) is 0 Å². The van der Waals surface area contributed by atoms with Gasteiger partial charge in [0.25, 0.3) is 0 Å². The molecule has 5 nitrogen and oxygen atoms in total. The van der Waals surface area contributed by atoms with Gasteiger partial charge in [-0.1, -0.05) is 11.6 Å². The lowest BCUT2D eigenvalue weighted by Gasteiger charge is -2.06. The van der Waals surface area contributed by atoms with Gasteiger partial charge >= 0.3 is 0 Å². The number of primary amides is 1. The first kappa shape index (κ1) is 11.8. The van der Waals surface area contributed by atoms with E-state index in [4.69, 9.17) is 34.1 Å². The highest BCUT2D eigenvalue weighted by Gasteiger charge is 2.20. The minimum absolute atomic E-state index is 0.0233. The molecule has 0 bridgehead atoms. The summed E-state index contributed by atoms with van der Waals surface area (Å²) < 4.78 is 0. The zero-order valence-corrected chi connectivity index (χ0v) is 9.23. The molecular formula is C8H9ClN4OS. The normalized spacial score (nSPS) is 12.1. The quantitative estimate of drug-likeness (QED) is 0.726. The number of hydrogen-bond acceptors (Lipinski definition) is 5. The number of hydrogen-bond donors (Lipinski definition) is 3. The molecule has 1 amide bonds. The van der Waals surface area contributed by atoms with Gasteiger partial charge in [-0.15, -0.1) is 11.3 Å². The predicted octanol–water partition coefficient (Wildman–Crippen LogP) is 0.731. The summed E-state index contributed by atoms with van der Waals surface area (Å²) in [6.45, 7) is 0. The number of nitrogens with zero attached hydrogens (tertiary/aromatic N) is 1. The third-order valence-electron chi connectivity index (χ3n) is 1.77. The summed E-state index contributed by atoms with van der Waals surface area (Å²) in [6.07, 6.45) is -0.0233. The van der Waals surface area contributed by atoms with Crippen LogP contribution in [0.25, 0.3) is 0 Å². The average molecular weight is 245 g/mol. The van der Waals surface area contributed by atoms with E-state index in [-0.39, 0.29) is 17.0 Å². The number of nitriles is 1. The highest BCUT2D eigenvalue weighted by atomic mass is 35.5. The average Bonchev–Trinajstić information content (AvgIpc) is 2.40. The van der Waals surface area contributed by atoms with Crippen molar-refractivity contribution >= 4 is 33.8 Å². The molecule has 1 rings (SSSR count). The molecule has 1 aromatic heterocycles. The van der Waals surface area contributed by atoms with Crippen molar-refractivity contribution in [3.05, 3.63) is 15.5 Å². The lowest BCUT2D eigenvalue weighted by Crippen LogP contribution is -2.20. The topological polar surface area (TPSA) is 119 Å². The molecule has 15 heavy (non-hydrogen) atoms. The van der Waals surface area contributed by atoms with Crippen molar-refractivity contribution in [2.45, 2.75) is 12.5 Å². The first-order valence-electron chi connectivity index (χ1n) is 3.99. The number of anilines is 1. The van der Waals surface area contributed by atoms with Crippen LogP contribution >= 0.6 is 22.9 Å². The molecule has 0 saturated carbocycles. The van der Waals surface area contributed by atoms with Crippen LogP contribution in [0.4, 0.5) is 5.00 Å². The standard InChI is InChI=1S/C8H9ClN4OS/c9-6-3(2-10)8(13)15-7(6)4(11)1-5(12)14/h4H,1,11,13H2,(H2,12,14). The number of thiophene rings is 1. The van der Waals surface area contributed by atoms with Crippen LogP contribution in [0.15, 0.2) is 0 Å². The van der Waals surface area contributed by atoms with Crippen LogP contribution in [-0.2, 0) is 4.79 Å². The lowest BCUT2D eigenvalue weighted by molar-refractivity contribution is -0.118. The van der Waals surface area contributed by atoms with Crippen LogP contribution < -0.4 is 17.2 Å². The summed E-state index contributed by atoms with van der Waals surface area (Å²) in [6, 6.07) is 1.27. The number of carbonyl (C=O) groups excluding carboxylic acids is 1. The molecule has 0 spiro atoms. The van der Waals surface area contributed by atoms with E-state index >= 15 is 0 Å². The molecule has 0 radical (unpaired) electrons. The van der Waals surface area contributed by atoms with Gasteiger partial charge in [-0.3, -0.25) is 4.79 Å². The Morgan fingerprint density at radius 1 is 1.67 bits per heavy atom. The van der Waals surface area contributed by atoms with Gasteiger partial charge < -0.3 is 17.2 Å². The minimum Gasteiger partial charge on any atom is -0.389 e. The Kier molecular flexibility index (Phi) is 3.52. The van der Waals surface area contributed by atoms with E-state index in [1.165, 1.54) is 0 Å². The van der Waals surface area contributed by atoms with E-state index in [0.717, 1.165) is 11.3 Å². The van der Waals surface area contributed by atoms with Crippen molar-refractivity contribution in [2.75, 3.05) is 5.73 Å². The second-order valence-electron chi connectivity index (χ2n) is 2.91. The molecule has 0 aliphatic heterocycles. The van der Waals surface area contributed by atoms with E-state index in [1.807, 2.05) is 6.07 Å². The number of carbonyl (C=O) groups is 1. The fourth-order valence-corrected chi connectivity index (χ4v) is 2.47. The molecule has 80 valence electrons. The summed E-state index contributed by atoms with van der Waals surface area (Å²) in [5.74, 6) is -0.524. The Bertz CT molecular complexity index is 437. The predicted molar refractivity (Wildman–Crippen MR) is 59.2 cm³/mol. The van der Waals surface area contributed by atoms with Gasteiger partial charge in [0.15, 0.2) is 0 Å². The first-order chi connectivity index (χ1) is 6.97. The third kappa shape index (κ3) is 2.39. The molecule has 7 heteroatoms. The van der Waals surface area contributed by atoms with Crippen LogP contribution in [0.2, 0.25) is 5.02 Å². The second-order valence-corrected chi connectivity index (χ2v) is 4.37. The largest absolute Gasteiger partial charge is 0.389 e. The van der Waals surface area contributed by atoms with E-state index < -0.39 is 11.9 Å². The van der Waals surface area contributed by atoms with Gasteiger partial charge in [0.2, 0.25) is 5.91 Å². The molecule has 1 atom stereocenters. The molecule has 0 saturated heterocycles. The van der Waals surface area contributed by atoms with Gasteiger partial charge in [-0.25, -0.2) is 0 Å². The van der Waals surface area contributed by atoms with Gasteiger partial charge in [-0.2, -0.15) is 5.26 Å². The number of amides is 1. The molecule has 1 heterocycles.